The largest absolute Gasteiger partial charge is 0.383 e. The lowest BCUT2D eigenvalue weighted by Gasteiger charge is -2.12. The summed E-state index contributed by atoms with van der Waals surface area (Å²) in [5.41, 5.74) is 3.60. The van der Waals surface area contributed by atoms with Crippen LogP contribution in [0.25, 0.3) is 11.4 Å². The smallest absolute Gasteiger partial charge is 0.164 e. The number of hydrogen-bond donors (Lipinski definition) is 0. The highest BCUT2D eigenvalue weighted by atomic mass is 79.9. The molecular weight excluding hydrogens is 306 g/mol. The van der Waals surface area contributed by atoms with Crippen LogP contribution < -0.4 is 0 Å². The maximum Gasteiger partial charge on any atom is 0.164 e. The van der Waals surface area contributed by atoms with Gasteiger partial charge in [-0.2, -0.15) is 0 Å². The minimum absolute atomic E-state index is 0.649. The molecule has 0 aliphatic carbocycles. The number of alkyl halides is 1. The lowest BCUT2D eigenvalue weighted by Crippen LogP contribution is -2.10. The van der Waals surface area contributed by atoms with Gasteiger partial charge in [-0.15, -0.1) is 10.2 Å². The third-order valence-corrected chi connectivity index (χ3v) is 3.67. The minimum Gasteiger partial charge on any atom is -0.383 e. The Morgan fingerprint density at radius 1 is 1.21 bits per heavy atom. The van der Waals surface area contributed by atoms with Crippen LogP contribution in [0.2, 0.25) is 0 Å². The molecule has 0 amide bonds. The zero-order valence-corrected chi connectivity index (χ0v) is 13.1. The Hall–Kier alpha value is -1.20. The van der Waals surface area contributed by atoms with Gasteiger partial charge in [0.25, 0.3) is 0 Å². The molecule has 0 fully saturated rings. The summed E-state index contributed by atoms with van der Waals surface area (Å²) < 4.78 is 7.29. The van der Waals surface area contributed by atoms with E-state index in [4.69, 9.17) is 4.74 Å². The van der Waals surface area contributed by atoms with Gasteiger partial charge in [0, 0.05) is 19.2 Å². The van der Waals surface area contributed by atoms with Gasteiger partial charge in [0.1, 0.15) is 5.82 Å². The summed E-state index contributed by atoms with van der Waals surface area (Å²) in [6.07, 6.45) is 0. The SMILES string of the molecule is COCCn1c(CBr)nnc1-c1c(C)cccc1C. The van der Waals surface area contributed by atoms with Crippen LogP contribution in [-0.4, -0.2) is 28.5 Å². The normalized spacial score (nSPS) is 10.9. The fraction of sp³-hybridized carbons (Fsp3) is 0.429. The van der Waals surface area contributed by atoms with Crippen molar-refractivity contribution in [2.45, 2.75) is 25.7 Å². The van der Waals surface area contributed by atoms with Crippen molar-refractivity contribution in [3.8, 4) is 11.4 Å². The minimum atomic E-state index is 0.649. The average molecular weight is 324 g/mol. The van der Waals surface area contributed by atoms with Crippen molar-refractivity contribution >= 4 is 15.9 Å². The monoisotopic (exact) mass is 323 g/mol. The van der Waals surface area contributed by atoms with Gasteiger partial charge in [-0.05, 0) is 25.0 Å². The summed E-state index contributed by atoms with van der Waals surface area (Å²) in [4.78, 5) is 0. The number of aromatic nitrogens is 3. The van der Waals surface area contributed by atoms with Gasteiger partial charge in [0.05, 0.1) is 11.9 Å². The summed E-state index contributed by atoms with van der Waals surface area (Å²) in [5, 5.41) is 9.31. The van der Waals surface area contributed by atoms with Gasteiger partial charge >= 0.3 is 0 Å². The number of ether oxygens (including phenoxy) is 1. The molecule has 4 nitrogen and oxygen atoms in total. The first-order valence-corrected chi connectivity index (χ1v) is 7.34. The van der Waals surface area contributed by atoms with Crippen molar-refractivity contribution in [3.05, 3.63) is 35.2 Å². The zero-order valence-electron chi connectivity index (χ0n) is 11.5. The van der Waals surface area contributed by atoms with E-state index in [9.17, 15) is 0 Å². The van der Waals surface area contributed by atoms with Crippen LogP contribution >= 0.6 is 15.9 Å². The number of nitrogens with zero attached hydrogens (tertiary/aromatic N) is 3. The number of methoxy groups -OCH3 is 1. The van der Waals surface area contributed by atoms with Gasteiger partial charge in [-0.25, -0.2) is 0 Å². The molecule has 1 aromatic heterocycles. The van der Waals surface area contributed by atoms with Gasteiger partial charge < -0.3 is 9.30 Å². The first-order valence-electron chi connectivity index (χ1n) is 6.22. The van der Waals surface area contributed by atoms with Crippen molar-refractivity contribution in [2.24, 2.45) is 0 Å². The molecule has 0 radical (unpaired) electrons. The molecular formula is C14H18BrN3O. The Kier molecular flexibility index (Phi) is 4.71. The second-order valence-electron chi connectivity index (χ2n) is 4.48. The Morgan fingerprint density at radius 3 is 2.47 bits per heavy atom. The molecule has 1 aromatic carbocycles. The van der Waals surface area contributed by atoms with Crippen molar-refractivity contribution < 1.29 is 4.74 Å². The lowest BCUT2D eigenvalue weighted by molar-refractivity contribution is 0.187. The van der Waals surface area contributed by atoms with E-state index in [0.717, 1.165) is 18.2 Å². The summed E-state index contributed by atoms with van der Waals surface area (Å²) in [6, 6.07) is 6.27. The van der Waals surface area contributed by atoms with Gasteiger partial charge in [0.2, 0.25) is 0 Å². The van der Waals surface area contributed by atoms with E-state index in [-0.39, 0.29) is 0 Å². The number of hydrogen-bond acceptors (Lipinski definition) is 3. The Balaban J connectivity index is 2.52. The van der Waals surface area contributed by atoms with Crippen LogP contribution in [0.1, 0.15) is 17.0 Å². The topological polar surface area (TPSA) is 39.9 Å². The second kappa shape index (κ2) is 6.30. The molecule has 1 heterocycles. The molecule has 0 spiro atoms. The van der Waals surface area contributed by atoms with Gasteiger partial charge in [-0.1, -0.05) is 34.1 Å². The molecule has 2 rings (SSSR count). The molecule has 102 valence electrons. The molecule has 0 aliphatic rings. The van der Waals surface area contributed by atoms with Crippen LogP contribution in [0.5, 0.6) is 0 Å². The van der Waals surface area contributed by atoms with Gasteiger partial charge in [0.15, 0.2) is 5.82 Å². The van der Waals surface area contributed by atoms with Crippen molar-refractivity contribution in [1.29, 1.82) is 0 Å². The fourth-order valence-electron chi connectivity index (χ4n) is 2.20. The summed E-state index contributed by atoms with van der Waals surface area (Å²) >= 11 is 3.46. The summed E-state index contributed by atoms with van der Waals surface area (Å²) in [5.74, 6) is 1.84. The number of halogens is 1. The summed E-state index contributed by atoms with van der Waals surface area (Å²) in [6.45, 7) is 5.61. The predicted molar refractivity (Wildman–Crippen MR) is 79.4 cm³/mol. The van der Waals surface area contributed by atoms with E-state index in [2.05, 4.69) is 62.7 Å². The molecule has 2 aromatic rings. The zero-order chi connectivity index (χ0) is 13.8. The Morgan fingerprint density at radius 2 is 1.89 bits per heavy atom. The van der Waals surface area contributed by atoms with Crippen LogP contribution in [0.4, 0.5) is 0 Å². The van der Waals surface area contributed by atoms with E-state index in [1.807, 2.05) is 0 Å². The highest BCUT2D eigenvalue weighted by Gasteiger charge is 2.16. The van der Waals surface area contributed by atoms with E-state index in [0.29, 0.717) is 11.9 Å². The van der Waals surface area contributed by atoms with E-state index >= 15 is 0 Å². The first kappa shape index (κ1) is 14.2. The second-order valence-corrected chi connectivity index (χ2v) is 5.05. The van der Waals surface area contributed by atoms with Crippen LogP contribution in [-0.2, 0) is 16.6 Å². The average Bonchev–Trinajstić information content (AvgIpc) is 2.79. The maximum absolute atomic E-state index is 5.17. The third kappa shape index (κ3) is 2.87. The molecule has 0 bridgehead atoms. The molecule has 0 saturated carbocycles. The molecule has 5 heteroatoms. The third-order valence-electron chi connectivity index (χ3n) is 3.17. The van der Waals surface area contributed by atoms with Crippen LogP contribution in [0.3, 0.4) is 0 Å². The number of aryl methyl sites for hydroxylation is 2. The van der Waals surface area contributed by atoms with Crippen LogP contribution in [0.15, 0.2) is 18.2 Å². The lowest BCUT2D eigenvalue weighted by atomic mass is 10.0. The molecule has 0 unspecified atom stereocenters. The highest BCUT2D eigenvalue weighted by Crippen LogP contribution is 2.26. The standard InChI is InChI=1S/C14H18BrN3O/c1-10-5-4-6-11(2)13(10)14-17-16-12(9-15)18(14)7-8-19-3/h4-6H,7-9H2,1-3H3. The number of benzene rings is 1. The summed E-state index contributed by atoms with van der Waals surface area (Å²) in [7, 11) is 1.71. The molecule has 0 saturated heterocycles. The van der Waals surface area contributed by atoms with Gasteiger partial charge in [-0.3, -0.25) is 0 Å². The highest BCUT2D eigenvalue weighted by molar-refractivity contribution is 9.08. The molecule has 19 heavy (non-hydrogen) atoms. The molecule has 0 atom stereocenters. The fourth-order valence-corrected chi connectivity index (χ4v) is 2.62. The Labute approximate surface area is 121 Å². The van der Waals surface area contributed by atoms with Crippen LogP contribution in [0, 0.1) is 13.8 Å². The van der Waals surface area contributed by atoms with Crippen molar-refractivity contribution in [1.82, 2.24) is 14.8 Å². The predicted octanol–water partition coefficient (Wildman–Crippen LogP) is 3.10. The number of rotatable bonds is 5. The quantitative estimate of drug-likeness (QED) is 0.794. The first-order chi connectivity index (χ1) is 9.19. The molecule has 0 N–H and O–H groups in total. The van der Waals surface area contributed by atoms with Crippen molar-refractivity contribution in [2.75, 3.05) is 13.7 Å². The Bertz CT molecular complexity index is 546. The van der Waals surface area contributed by atoms with E-state index in [1.165, 1.54) is 16.7 Å². The van der Waals surface area contributed by atoms with Crippen molar-refractivity contribution in [3.63, 3.8) is 0 Å². The van der Waals surface area contributed by atoms with E-state index in [1.54, 1.807) is 7.11 Å². The maximum atomic E-state index is 5.17. The molecule has 0 aliphatic heterocycles. The van der Waals surface area contributed by atoms with E-state index < -0.39 is 0 Å².